The Bertz CT molecular complexity index is 658. The van der Waals surface area contributed by atoms with Crippen molar-refractivity contribution in [3.8, 4) is 17.1 Å². The first-order valence-electron chi connectivity index (χ1n) is 8.50. The third-order valence-electron chi connectivity index (χ3n) is 5.34. The molecule has 4 heteroatoms. The van der Waals surface area contributed by atoms with Crippen LogP contribution in [0.2, 0.25) is 0 Å². The highest BCUT2D eigenvalue weighted by Gasteiger charge is 2.41. The van der Waals surface area contributed by atoms with E-state index < -0.39 is 0 Å². The molecule has 0 spiro atoms. The lowest BCUT2D eigenvalue weighted by Crippen LogP contribution is -2.58. The number of benzene rings is 1. The summed E-state index contributed by atoms with van der Waals surface area (Å²) in [6, 6.07) is 9.38. The monoisotopic (exact) mass is 309 g/mol. The fourth-order valence-electron chi connectivity index (χ4n) is 3.85. The lowest BCUT2D eigenvalue weighted by atomic mass is 9.81. The predicted molar refractivity (Wildman–Crippen MR) is 90.4 cm³/mol. The summed E-state index contributed by atoms with van der Waals surface area (Å²) >= 11 is 0. The van der Waals surface area contributed by atoms with Crippen LogP contribution in [0.5, 0.6) is 6.01 Å². The molecule has 0 N–H and O–H groups in total. The van der Waals surface area contributed by atoms with Crippen LogP contribution in [0.15, 0.2) is 36.7 Å². The van der Waals surface area contributed by atoms with Gasteiger partial charge in [0.1, 0.15) is 6.10 Å². The lowest BCUT2D eigenvalue weighted by Gasteiger charge is -2.48. The molecule has 5 rings (SSSR count). The summed E-state index contributed by atoms with van der Waals surface area (Å²) < 4.78 is 6.15. The van der Waals surface area contributed by atoms with Gasteiger partial charge in [0.25, 0.3) is 0 Å². The third kappa shape index (κ3) is 2.83. The van der Waals surface area contributed by atoms with Crippen LogP contribution in [0, 0.1) is 12.8 Å². The Morgan fingerprint density at radius 2 is 1.65 bits per heavy atom. The largest absolute Gasteiger partial charge is 0.458 e. The zero-order valence-corrected chi connectivity index (χ0v) is 13.8. The minimum atomic E-state index is 0.225. The van der Waals surface area contributed by atoms with Crippen LogP contribution in [0.1, 0.15) is 25.3 Å². The van der Waals surface area contributed by atoms with Crippen LogP contribution in [0.4, 0.5) is 0 Å². The van der Waals surface area contributed by atoms with Gasteiger partial charge in [-0.1, -0.05) is 29.8 Å². The molecule has 2 bridgehead atoms. The van der Waals surface area contributed by atoms with Crippen LogP contribution in [-0.4, -0.2) is 40.1 Å². The Labute approximate surface area is 137 Å². The summed E-state index contributed by atoms with van der Waals surface area (Å²) in [6.07, 6.45) is 6.41. The smallest absolute Gasteiger partial charge is 0.316 e. The van der Waals surface area contributed by atoms with Gasteiger partial charge in [0, 0.05) is 24.0 Å². The van der Waals surface area contributed by atoms with Gasteiger partial charge in [-0.3, -0.25) is 4.90 Å². The first-order valence-corrected chi connectivity index (χ1v) is 8.50. The fraction of sp³-hybridized carbons (Fsp3) is 0.474. The van der Waals surface area contributed by atoms with Gasteiger partial charge >= 0.3 is 6.01 Å². The number of rotatable bonds is 3. The predicted octanol–water partition coefficient (Wildman–Crippen LogP) is 3.31. The van der Waals surface area contributed by atoms with E-state index in [4.69, 9.17) is 4.74 Å². The summed E-state index contributed by atoms with van der Waals surface area (Å²) in [6.45, 7) is 6.76. The van der Waals surface area contributed by atoms with E-state index in [2.05, 4.69) is 53.0 Å². The average molecular weight is 309 g/mol. The molecule has 3 saturated heterocycles. The highest BCUT2D eigenvalue weighted by atomic mass is 16.5. The van der Waals surface area contributed by atoms with Crippen LogP contribution in [0.3, 0.4) is 0 Å². The molecule has 0 saturated carbocycles. The molecule has 0 radical (unpaired) electrons. The molecule has 23 heavy (non-hydrogen) atoms. The highest BCUT2D eigenvalue weighted by molar-refractivity contribution is 5.61. The van der Waals surface area contributed by atoms with E-state index in [1.54, 1.807) is 0 Å². The van der Waals surface area contributed by atoms with Gasteiger partial charge < -0.3 is 4.74 Å². The van der Waals surface area contributed by atoms with E-state index in [0.29, 0.717) is 18.0 Å². The number of fused-ring (bicyclic) bond motifs is 3. The maximum atomic E-state index is 6.15. The Morgan fingerprint density at radius 3 is 2.26 bits per heavy atom. The minimum absolute atomic E-state index is 0.225. The first kappa shape index (κ1) is 14.6. The molecule has 1 aromatic carbocycles. The van der Waals surface area contributed by atoms with E-state index >= 15 is 0 Å². The standard InChI is InChI=1S/C19H23N3O/c1-13-3-5-15(6-4-13)17-11-20-19(21-12-17)23-18-14(2)22-9-7-16(18)8-10-22/h3-6,11-12,14,16,18H,7-10H2,1-2H3. The molecule has 4 heterocycles. The number of aryl methyl sites for hydroxylation is 1. The van der Waals surface area contributed by atoms with E-state index in [9.17, 15) is 0 Å². The van der Waals surface area contributed by atoms with Crippen molar-refractivity contribution in [1.29, 1.82) is 0 Å². The summed E-state index contributed by atoms with van der Waals surface area (Å²) in [4.78, 5) is 11.4. The van der Waals surface area contributed by atoms with Gasteiger partial charge in [0.05, 0.1) is 0 Å². The second-order valence-corrected chi connectivity index (χ2v) is 6.82. The molecule has 0 aliphatic carbocycles. The number of aromatic nitrogens is 2. The van der Waals surface area contributed by atoms with Gasteiger partial charge in [-0.15, -0.1) is 0 Å². The SMILES string of the molecule is Cc1ccc(-c2cnc(OC3C4CCN(CC4)C3C)nc2)cc1. The van der Waals surface area contributed by atoms with Gasteiger partial charge in [-0.05, 0) is 51.3 Å². The van der Waals surface area contributed by atoms with Crippen molar-refractivity contribution in [3.05, 3.63) is 42.2 Å². The van der Waals surface area contributed by atoms with Gasteiger partial charge in [0.2, 0.25) is 0 Å². The van der Waals surface area contributed by atoms with Crippen LogP contribution >= 0.6 is 0 Å². The van der Waals surface area contributed by atoms with Gasteiger partial charge in [-0.2, -0.15) is 0 Å². The molecule has 1 aromatic heterocycles. The average Bonchev–Trinajstić information content (AvgIpc) is 2.60. The molecular weight excluding hydrogens is 286 g/mol. The molecular formula is C19H23N3O. The first-order chi connectivity index (χ1) is 11.2. The van der Waals surface area contributed by atoms with E-state index in [-0.39, 0.29) is 6.10 Å². The number of hydrogen-bond donors (Lipinski definition) is 0. The molecule has 3 fully saturated rings. The number of nitrogens with zero attached hydrogens (tertiary/aromatic N) is 3. The quantitative estimate of drug-likeness (QED) is 0.872. The molecule has 0 amide bonds. The second kappa shape index (κ2) is 5.93. The Kier molecular flexibility index (Phi) is 3.77. The maximum Gasteiger partial charge on any atom is 0.316 e. The maximum absolute atomic E-state index is 6.15. The summed E-state index contributed by atoms with van der Waals surface area (Å²) in [5, 5.41) is 0. The Hall–Kier alpha value is -1.94. The van der Waals surface area contributed by atoms with Crippen molar-refractivity contribution in [2.45, 2.75) is 38.8 Å². The minimum Gasteiger partial charge on any atom is -0.458 e. The molecule has 3 aliphatic rings. The summed E-state index contributed by atoms with van der Waals surface area (Å²) in [7, 11) is 0. The Balaban J connectivity index is 1.49. The van der Waals surface area contributed by atoms with E-state index in [1.165, 1.54) is 31.5 Å². The molecule has 120 valence electrons. The summed E-state index contributed by atoms with van der Waals surface area (Å²) in [5.41, 5.74) is 3.42. The van der Waals surface area contributed by atoms with Crippen LogP contribution < -0.4 is 4.74 Å². The normalized spacial score (nSPS) is 29.5. The third-order valence-corrected chi connectivity index (χ3v) is 5.34. The lowest BCUT2D eigenvalue weighted by molar-refractivity contribution is -0.0544. The van der Waals surface area contributed by atoms with Gasteiger partial charge in [-0.25, -0.2) is 9.97 Å². The zero-order valence-electron chi connectivity index (χ0n) is 13.8. The van der Waals surface area contributed by atoms with Crippen LogP contribution in [0.25, 0.3) is 11.1 Å². The number of hydrogen-bond acceptors (Lipinski definition) is 4. The Morgan fingerprint density at radius 1 is 1.00 bits per heavy atom. The van der Waals surface area contributed by atoms with E-state index in [0.717, 1.165) is 11.1 Å². The van der Waals surface area contributed by atoms with Crippen molar-refractivity contribution >= 4 is 0 Å². The van der Waals surface area contributed by atoms with Crippen molar-refractivity contribution in [2.24, 2.45) is 5.92 Å². The van der Waals surface area contributed by atoms with E-state index in [1.807, 2.05) is 12.4 Å². The molecule has 2 unspecified atom stereocenters. The summed E-state index contributed by atoms with van der Waals surface area (Å²) in [5.74, 6) is 0.648. The fourth-order valence-corrected chi connectivity index (χ4v) is 3.85. The van der Waals surface area contributed by atoms with Gasteiger partial charge in [0.15, 0.2) is 0 Å². The van der Waals surface area contributed by atoms with Crippen molar-refractivity contribution in [3.63, 3.8) is 0 Å². The zero-order chi connectivity index (χ0) is 15.8. The van der Waals surface area contributed by atoms with Crippen molar-refractivity contribution in [2.75, 3.05) is 13.1 Å². The number of piperidine rings is 3. The highest BCUT2D eigenvalue weighted by Crippen LogP contribution is 2.34. The molecule has 4 nitrogen and oxygen atoms in total. The molecule has 2 atom stereocenters. The van der Waals surface area contributed by atoms with Crippen molar-refractivity contribution in [1.82, 2.24) is 14.9 Å². The number of ether oxygens (including phenoxy) is 1. The second-order valence-electron chi connectivity index (χ2n) is 6.82. The van der Waals surface area contributed by atoms with Crippen molar-refractivity contribution < 1.29 is 4.74 Å². The molecule has 3 aliphatic heterocycles. The molecule has 2 aromatic rings. The topological polar surface area (TPSA) is 38.2 Å². The van der Waals surface area contributed by atoms with Crippen LogP contribution in [-0.2, 0) is 0 Å².